The minimum absolute atomic E-state index is 0.171. The van der Waals surface area contributed by atoms with Crippen molar-refractivity contribution in [1.82, 2.24) is 9.88 Å². The van der Waals surface area contributed by atoms with Crippen molar-refractivity contribution in [2.24, 2.45) is 0 Å². The molecular formula is C27H26N4O3. The number of piperazine rings is 1. The van der Waals surface area contributed by atoms with E-state index in [4.69, 9.17) is 4.42 Å². The highest BCUT2D eigenvalue weighted by Crippen LogP contribution is 2.32. The van der Waals surface area contributed by atoms with E-state index in [9.17, 15) is 9.59 Å². The van der Waals surface area contributed by atoms with E-state index < -0.39 is 0 Å². The molecule has 4 aromatic rings. The van der Waals surface area contributed by atoms with Crippen LogP contribution < -0.4 is 10.2 Å². The Kier molecular flexibility index (Phi) is 5.99. The third-order valence-corrected chi connectivity index (χ3v) is 6.04. The van der Waals surface area contributed by atoms with Crippen LogP contribution in [0.15, 0.2) is 77.3 Å². The number of rotatable bonds is 5. The topological polar surface area (TPSA) is 78.7 Å². The predicted octanol–water partition coefficient (Wildman–Crippen LogP) is 4.28. The lowest BCUT2D eigenvalue weighted by molar-refractivity contribution is -0.115. The maximum atomic E-state index is 13.5. The lowest BCUT2D eigenvalue weighted by atomic mass is 10.1. The van der Waals surface area contributed by atoms with Crippen LogP contribution in [0.3, 0.4) is 0 Å². The smallest absolute Gasteiger partial charge is 0.291 e. The Morgan fingerprint density at radius 3 is 2.53 bits per heavy atom. The molecule has 34 heavy (non-hydrogen) atoms. The van der Waals surface area contributed by atoms with Crippen LogP contribution in [0.5, 0.6) is 0 Å². The van der Waals surface area contributed by atoms with Crippen LogP contribution >= 0.6 is 0 Å². The molecule has 1 aliphatic heterocycles. The molecule has 0 unspecified atom stereocenters. The highest BCUT2D eigenvalue weighted by atomic mass is 16.3. The number of para-hydroxylation sites is 1. The minimum atomic E-state index is -0.220. The summed E-state index contributed by atoms with van der Waals surface area (Å²) in [5, 5.41) is 3.67. The van der Waals surface area contributed by atoms with E-state index in [0.29, 0.717) is 37.4 Å². The number of carbonyl (C=O) groups is 2. The largest absolute Gasteiger partial charge is 0.449 e. The first-order valence-electron chi connectivity index (χ1n) is 11.4. The Labute approximate surface area is 198 Å². The van der Waals surface area contributed by atoms with Gasteiger partial charge in [0.2, 0.25) is 11.7 Å². The minimum Gasteiger partial charge on any atom is -0.449 e. The first-order chi connectivity index (χ1) is 16.6. The summed E-state index contributed by atoms with van der Waals surface area (Å²) in [4.78, 5) is 34.7. The van der Waals surface area contributed by atoms with Crippen LogP contribution in [-0.4, -0.2) is 47.9 Å². The molecule has 0 aliphatic carbocycles. The summed E-state index contributed by atoms with van der Waals surface area (Å²) >= 11 is 0. The zero-order valence-corrected chi connectivity index (χ0v) is 19.0. The standard InChI is InChI=1S/C27H26N4O3/c1-19-7-6-8-20(17-19)18-24(32)29-25-21-9-2-3-10-22(21)34-26(25)27(33)31-15-13-30(14-16-31)23-11-4-5-12-28-23/h2-12,17H,13-16,18H2,1H3,(H,29,32). The molecule has 5 rings (SSSR count). The third-order valence-electron chi connectivity index (χ3n) is 6.04. The van der Waals surface area contributed by atoms with Crippen molar-refractivity contribution in [2.75, 3.05) is 36.4 Å². The van der Waals surface area contributed by atoms with Gasteiger partial charge in [-0.3, -0.25) is 9.59 Å². The fraction of sp³-hybridized carbons (Fsp3) is 0.222. The van der Waals surface area contributed by atoms with Gasteiger partial charge in [0.15, 0.2) is 0 Å². The molecule has 2 amide bonds. The molecule has 1 saturated heterocycles. The molecule has 1 fully saturated rings. The molecule has 172 valence electrons. The van der Waals surface area contributed by atoms with E-state index in [0.717, 1.165) is 22.3 Å². The third kappa shape index (κ3) is 4.50. The van der Waals surface area contributed by atoms with Crippen LogP contribution in [0.2, 0.25) is 0 Å². The number of furan rings is 1. The van der Waals surface area contributed by atoms with Crippen molar-refractivity contribution in [3.8, 4) is 0 Å². The Bertz CT molecular complexity index is 1320. The molecule has 0 saturated carbocycles. The van der Waals surface area contributed by atoms with Gasteiger partial charge in [0.25, 0.3) is 5.91 Å². The zero-order chi connectivity index (χ0) is 23.5. The molecule has 0 atom stereocenters. The van der Waals surface area contributed by atoms with Crippen molar-refractivity contribution in [3.63, 3.8) is 0 Å². The number of amides is 2. The maximum Gasteiger partial charge on any atom is 0.291 e. The summed E-state index contributed by atoms with van der Waals surface area (Å²) < 4.78 is 5.96. The number of aromatic nitrogens is 1. The van der Waals surface area contributed by atoms with Gasteiger partial charge >= 0.3 is 0 Å². The maximum absolute atomic E-state index is 13.5. The molecular weight excluding hydrogens is 428 g/mol. The molecule has 1 aliphatic rings. The van der Waals surface area contributed by atoms with E-state index >= 15 is 0 Å². The predicted molar refractivity (Wildman–Crippen MR) is 132 cm³/mol. The molecule has 3 heterocycles. The number of hydrogen-bond donors (Lipinski definition) is 1. The number of pyridine rings is 1. The number of carbonyl (C=O) groups excluding carboxylic acids is 2. The number of nitrogens with one attached hydrogen (secondary N) is 1. The molecule has 2 aromatic carbocycles. The van der Waals surface area contributed by atoms with Gasteiger partial charge in [0.1, 0.15) is 17.1 Å². The lowest BCUT2D eigenvalue weighted by Crippen LogP contribution is -2.49. The van der Waals surface area contributed by atoms with Crippen molar-refractivity contribution < 1.29 is 14.0 Å². The number of benzene rings is 2. The fourth-order valence-corrected chi connectivity index (χ4v) is 4.33. The first-order valence-corrected chi connectivity index (χ1v) is 11.4. The molecule has 7 heteroatoms. The van der Waals surface area contributed by atoms with Gasteiger partial charge in [0, 0.05) is 37.8 Å². The summed E-state index contributed by atoms with van der Waals surface area (Å²) in [6, 6.07) is 21.0. The normalized spacial score (nSPS) is 13.8. The van der Waals surface area contributed by atoms with Gasteiger partial charge < -0.3 is 19.5 Å². The Morgan fingerprint density at radius 1 is 0.971 bits per heavy atom. The van der Waals surface area contributed by atoms with Gasteiger partial charge in [-0.15, -0.1) is 0 Å². The number of aryl methyl sites for hydroxylation is 1. The van der Waals surface area contributed by atoms with E-state index in [2.05, 4.69) is 15.2 Å². The average Bonchev–Trinajstić information content (AvgIpc) is 3.22. The van der Waals surface area contributed by atoms with Gasteiger partial charge in [-0.25, -0.2) is 4.98 Å². The van der Waals surface area contributed by atoms with Gasteiger partial charge in [-0.1, -0.05) is 48.0 Å². The van der Waals surface area contributed by atoms with Crippen molar-refractivity contribution in [3.05, 3.63) is 89.8 Å². The average molecular weight is 455 g/mol. The Hall–Kier alpha value is -4.13. The van der Waals surface area contributed by atoms with Gasteiger partial charge in [0.05, 0.1) is 6.42 Å². The second-order valence-electron chi connectivity index (χ2n) is 8.48. The second kappa shape index (κ2) is 9.39. The van der Waals surface area contributed by atoms with Crippen LogP contribution in [0, 0.1) is 6.92 Å². The van der Waals surface area contributed by atoms with Crippen LogP contribution in [0.1, 0.15) is 21.7 Å². The number of fused-ring (bicyclic) bond motifs is 1. The Balaban J connectivity index is 1.35. The van der Waals surface area contributed by atoms with E-state index in [-0.39, 0.29) is 24.0 Å². The van der Waals surface area contributed by atoms with E-state index in [1.807, 2.05) is 67.6 Å². The highest BCUT2D eigenvalue weighted by molar-refractivity contribution is 6.11. The van der Waals surface area contributed by atoms with Crippen molar-refractivity contribution in [2.45, 2.75) is 13.3 Å². The first kappa shape index (κ1) is 21.7. The molecule has 7 nitrogen and oxygen atoms in total. The molecule has 2 aromatic heterocycles. The number of hydrogen-bond acceptors (Lipinski definition) is 5. The van der Waals surface area contributed by atoms with Crippen molar-refractivity contribution in [1.29, 1.82) is 0 Å². The number of nitrogens with zero attached hydrogens (tertiary/aromatic N) is 3. The highest BCUT2D eigenvalue weighted by Gasteiger charge is 2.29. The second-order valence-corrected chi connectivity index (χ2v) is 8.48. The molecule has 0 radical (unpaired) electrons. The molecule has 0 spiro atoms. The number of anilines is 2. The quantitative estimate of drug-likeness (QED) is 0.487. The van der Waals surface area contributed by atoms with Crippen LogP contribution in [0.25, 0.3) is 11.0 Å². The van der Waals surface area contributed by atoms with Gasteiger partial charge in [-0.2, -0.15) is 0 Å². The van der Waals surface area contributed by atoms with Crippen LogP contribution in [-0.2, 0) is 11.2 Å². The zero-order valence-electron chi connectivity index (χ0n) is 19.0. The fourth-order valence-electron chi connectivity index (χ4n) is 4.33. The SMILES string of the molecule is Cc1cccc(CC(=O)Nc2c(C(=O)N3CCN(c4ccccn4)CC3)oc3ccccc23)c1. The van der Waals surface area contributed by atoms with E-state index in [1.54, 1.807) is 17.2 Å². The van der Waals surface area contributed by atoms with Crippen LogP contribution in [0.4, 0.5) is 11.5 Å². The van der Waals surface area contributed by atoms with E-state index in [1.165, 1.54) is 0 Å². The van der Waals surface area contributed by atoms with Gasteiger partial charge in [-0.05, 0) is 36.8 Å². The molecule has 0 bridgehead atoms. The summed E-state index contributed by atoms with van der Waals surface area (Å²) in [6.45, 7) is 4.44. The molecule has 1 N–H and O–H groups in total. The lowest BCUT2D eigenvalue weighted by Gasteiger charge is -2.35. The summed E-state index contributed by atoms with van der Waals surface area (Å²) in [5.74, 6) is 0.668. The summed E-state index contributed by atoms with van der Waals surface area (Å²) in [5.41, 5.74) is 3.03. The summed E-state index contributed by atoms with van der Waals surface area (Å²) in [6.07, 6.45) is 1.99. The van der Waals surface area contributed by atoms with Crippen molar-refractivity contribution >= 4 is 34.3 Å². The summed E-state index contributed by atoms with van der Waals surface area (Å²) in [7, 11) is 0. The Morgan fingerprint density at radius 2 is 1.76 bits per heavy atom. The monoisotopic (exact) mass is 454 g/mol.